The first-order valence-electron chi connectivity index (χ1n) is 5.86. The quantitative estimate of drug-likeness (QED) is 0.890. The number of nitrogens with zero attached hydrogens (tertiary/aromatic N) is 2. The van der Waals surface area contributed by atoms with Crippen LogP contribution in [-0.4, -0.2) is 22.4 Å². The maximum atomic E-state index is 11.8. The minimum Gasteiger partial charge on any atom is -0.350 e. The molecule has 0 saturated carbocycles. The fourth-order valence-corrected chi connectivity index (χ4v) is 1.65. The molecule has 0 aliphatic heterocycles. The van der Waals surface area contributed by atoms with E-state index in [4.69, 9.17) is 0 Å². The summed E-state index contributed by atoms with van der Waals surface area (Å²) in [5, 5.41) is 2.86. The second-order valence-corrected chi connectivity index (χ2v) is 4.11. The molecular formula is C14H15N3O. The summed E-state index contributed by atoms with van der Waals surface area (Å²) in [5.74, 6) is 0.0812. The van der Waals surface area contributed by atoms with Crippen LogP contribution in [0.2, 0.25) is 0 Å². The third kappa shape index (κ3) is 3.13. The minimum absolute atomic E-state index is 0.189. The Morgan fingerprint density at radius 3 is 2.72 bits per heavy atom. The van der Waals surface area contributed by atoms with Gasteiger partial charge in [-0.2, -0.15) is 0 Å². The summed E-state index contributed by atoms with van der Waals surface area (Å²) in [6, 6.07) is 10.1. The first-order chi connectivity index (χ1) is 8.77. The average molecular weight is 241 g/mol. The molecule has 0 spiro atoms. The van der Waals surface area contributed by atoms with Gasteiger partial charge in [-0.15, -0.1) is 0 Å². The second-order valence-electron chi connectivity index (χ2n) is 4.11. The van der Waals surface area contributed by atoms with Crippen LogP contribution in [0.25, 0.3) is 0 Å². The number of carbonyl (C=O) groups excluding carboxylic acids is 1. The zero-order valence-corrected chi connectivity index (χ0v) is 10.2. The lowest BCUT2D eigenvalue weighted by Crippen LogP contribution is -2.28. The molecule has 2 aromatic rings. The summed E-state index contributed by atoms with van der Waals surface area (Å²) in [6.07, 6.45) is 4.52. The molecule has 0 aliphatic carbocycles. The molecule has 1 aromatic heterocycles. The molecule has 1 amide bonds. The maximum absolute atomic E-state index is 11.8. The lowest BCUT2D eigenvalue weighted by Gasteiger charge is -2.12. The van der Waals surface area contributed by atoms with E-state index in [0.29, 0.717) is 12.2 Å². The molecule has 0 fully saturated rings. The van der Waals surface area contributed by atoms with Gasteiger partial charge in [0.1, 0.15) is 5.69 Å². The molecule has 1 N–H and O–H groups in total. The van der Waals surface area contributed by atoms with Gasteiger partial charge in [-0.1, -0.05) is 37.3 Å². The van der Waals surface area contributed by atoms with Crippen LogP contribution in [0.3, 0.4) is 0 Å². The highest BCUT2D eigenvalue weighted by Gasteiger charge is 2.09. The van der Waals surface area contributed by atoms with Crippen molar-refractivity contribution in [1.29, 1.82) is 0 Å². The summed E-state index contributed by atoms with van der Waals surface area (Å²) in [6.45, 7) is 2.66. The number of hydrogen-bond donors (Lipinski definition) is 1. The Kier molecular flexibility index (Phi) is 4.02. The normalized spacial score (nSPS) is 11.8. The van der Waals surface area contributed by atoms with E-state index in [1.165, 1.54) is 18.0 Å². The molecular weight excluding hydrogens is 226 g/mol. The van der Waals surface area contributed by atoms with Crippen LogP contribution in [0.15, 0.2) is 48.9 Å². The van der Waals surface area contributed by atoms with Crippen LogP contribution >= 0.6 is 0 Å². The number of amides is 1. The molecule has 0 saturated heterocycles. The predicted octanol–water partition coefficient (Wildman–Crippen LogP) is 2.01. The summed E-state index contributed by atoms with van der Waals surface area (Å²) in [7, 11) is 0. The fraction of sp³-hybridized carbons (Fsp3) is 0.214. The molecule has 1 heterocycles. The Hall–Kier alpha value is -2.23. The Balaban J connectivity index is 1.91. The monoisotopic (exact) mass is 241 g/mol. The first kappa shape index (κ1) is 12.2. The molecule has 0 bridgehead atoms. The number of carbonyl (C=O) groups is 1. The molecule has 4 heteroatoms. The Morgan fingerprint density at radius 1 is 1.28 bits per heavy atom. The van der Waals surface area contributed by atoms with E-state index in [1.54, 1.807) is 6.20 Å². The zero-order valence-electron chi connectivity index (χ0n) is 10.2. The molecule has 1 aromatic carbocycles. The van der Waals surface area contributed by atoms with Crippen LogP contribution in [0, 0.1) is 0 Å². The predicted molar refractivity (Wildman–Crippen MR) is 69.2 cm³/mol. The van der Waals surface area contributed by atoms with Crippen molar-refractivity contribution in [3.63, 3.8) is 0 Å². The van der Waals surface area contributed by atoms with Crippen molar-refractivity contribution in [3.05, 3.63) is 60.2 Å². The highest BCUT2D eigenvalue weighted by atomic mass is 16.1. The van der Waals surface area contributed by atoms with Gasteiger partial charge in [0.25, 0.3) is 5.91 Å². The molecule has 0 unspecified atom stereocenters. The summed E-state index contributed by atoms with van der Waals surface area (Å²) in [4.78, 5) is 19.6. The Labute approximate surface area is 106 Å². The molecule has 0 aliphatic rings. The zero-order chi connectivity index (χ0) is 12.8. The summed E-state index contributed by atoms with van der Waals surface area (Å²) >= 11 is 0. The average Bonchev–Trinajstić information content (AvgIpc) is 2.46. The maximum Gasteiger partial charge on any atom is 0.271 e. The Morgan fingerprint density at radius 2 is 2.06 bits per heavy atom. The van der Waals surface area contributed by atoms with E-state index >= 15 is 0 Å². The van der Waals surface area contributed by atoms with Crippen molar-refractivity contribution >= 4 is 5.91 Å². The van der Waals surface area contributed by atoms with Gasteiger partial charge in [0.05, 0.1) is 6.20 Å². The molecule has 4 nitrogen and oxygen atoms in total. The van der Waals surface area contributed by atoms with Crippen molar-refractivity contribution in [1.82, 2.24) is 15.3 Å². The number of hydrogen-bond acceptors (Lipinski definition) is 3. The molecule has 18 heavy (non-hydrogen) atoms. The van der Waals surface area contributed by atoms with Gasteiger partial charge in [-0.05, 0) is 11.5 Å². The van der Waals surface area contributed by atoms with E-state index in [2.05, 4.69) is 34.3 Å². The fourth-order valence-electron chi connectivity index (χ4n) is 1.65. The van der Waals surface area contributed by atoms with Crippen molar-refractivity contribution in [2.24, 2.45) is 0 Å². The number of nitrogens with one attached hydrogen (secondary N) is 1. The summed E-state index contributed by atoms with van der Waals surface area (Å²) in [5.41, 5.74) is 1.55. The van der Waals surface area contributed by atoms with Gasteiger partial charge in [0.2, 0.25) is 0 Å². The summed E-state index contributed by atoms with van der Waals surface area (Å²) < 4.78 is 0. The van der Waals surface area contributed by atoms with Gasteiger partial charge < -0.3 is 5.32 Å². The highest BCUT2D eigenvalue weighted by Crippen LogP contribution is 2.13. The van der Waals surface area contributed by atoms with Crippen molar-refractivity contribution in [3.8, 4) is 0 Å². The number of rotatable bonds is 4. The Bertz CT molecular complexity index is 499. The van der Waals surface area contributed by atoms with Gasteiger partial charge in [-0.3, -0.25) is 9.78 Å². The minimum atomic E-state index is -0.189. The van der Waals surface area contributed by atoms with E-state index in [1.807, 2.05) is 18.2 Å². The smallest absolute Gasteiger partial charge is 0.271 e. The van der Waals surface area contributed by atoms with Gasteiger partial charge in [-0.25, -0.2) is 4.98 Å². The lowest BCUT2D eigenvalue weighted by molar-refractivity contribution is 0.0946. The third-order valence-corrected chi connectivity index (χ3v) is 2.73. The topological polar surface area (TPSA) is 54.9 Å². The van der Waals surface area contributed by atoms with Crippen molar-refractivity contribution < 1.29 is 4.79 Å². The molecule has 1 atom stereocenters. The van der Waals surface area contributed by atoms with Crippen LogP contribution in [0.5, 0.6) is 0 Å². The van der Waals surface area contributed by atoms with Crippen LogP contribution in [-0.2, 0) is 0 Å². The van der Waals surface area contributed by atoms with E-state index in [-0.39, 0.29) is 11.8 Å². The van der Waals surface area contributed by atoms with Crippen LogP contribution < -0.4 is 5.32 Å². The van der Waals surface area contributed by atoms with E-state index in [0.717, 1.165) is 0 Å². The largest absolute Gasteiger partial charge is 0.350 e. The SMILES string of the molecule is C[C@@H](CNC(=O)c1cnccn1)c1ccccc1. The molecule has 2 rings (SSSR count). The van der Waals surface area contributed by atoms with Crippen LogP contribution in [0.1, 0.15) is 28.9 Å². The standard InChI is InChI=1S/C14H15N3O/c1-11(12-5-3-2-4-6-12)9-17-14(18)13-10-15-7-8-16-13/h2-8,10-11H,9H2,1H3,(H,17,18)/t11-/m0/s1. The van der Waals surface area contributed by atoms with Gasteiger partial charge >= 0.3 is 0 Å². The van der Waals surface area contributed by atoms with Crippen molar-refractivity contribution in [2.75, 3.05) is 6.54 Å². The first-order valence-corrected chi connectivity index (χ1v) is 5.86. The van der Waals surface area contributed by atoms with E-state index < -0.39 is 0 Å². The molecule has 0 radical (unpaired) electrons. The lowest BCUT2D eigenvalue weighted by atomic mass is 10.0. The van der Waals surface area contributed by atoms with Crippen LogP contribution in [0.4, 0.5) is 0 Å². The van der Waals surface area contributed by atoms with Gasteiger partial charge in [0.15, 0.2) is 0 Å². The molecule has 92 valence electrons. The second kappa shape index (κ2) is 5.91. The third-order valence-electron chi connectivity index (χ3n) is 2.73. The van der Waals surface area contributed by atoms with E-state index in [9.17, 15) is 4.79 Å². The highest BCUT2D eigenvalue weighted by molar-refractivity contribution is 5.91. The number of aromatic nitrogens is 2. The van der Waals surface area contributed by atoms with Crippen molar-refractivity contribution in [2.45, 2.75) is 12.8 Å². The number of benzene rings is 1. The van der Waals surface area contributed by atoms with Gasteiger partial charge in [0, 0.05) is 18.9 Å².